The number of rotatable bonds is 3. The van der Waals surface area contributed by atoms with E-state index in [0.717, 1.165) is 12.3 Å². The molecule has 0 bridgehead atoms. The molecule has 3 aromatic rings. The zero-order valence-electron chi connectivity index (χ0n) is 13.6. The van der Waals surface area contributed by atoms with Gasteiger partial charge in [-0.2, -0.15) is 23.3 Å². The molecule has 0 amide bonds. The second-order valence-electron chi connectivity index (χ2n) is 5.94. The van der Waals surface area contributed by atoms with Crippen LogP contribution in [0.3, 0.4) is 0 Å². The average Bonchev–Trinajstić information content (AvgIpc) is 3.10. The van der Waals surface area contributed by atoms with Crippen LogP contribution in [0.5, 0.6) is 5.88 Å². The molecule has 0 unspecified atom stereocenters. The van der Waals surface area contributed by atoms with Crippen LogP contribution in [0.4, 0.5) is 19.1 Å². The van der Waals surface area contributed by atoms with E-state index in [2.05, 4.69) is 20.1 Å². The third-order valence-corrected chi connectivity index (χ3v) is 4.18. The number of ether oxygens (including phenoxy) is 1. The summed E-state index contributed by atoms with van der Waals surface area (Å²) in [5.41, 5.74) is -0.239. The lowest BCUT2D eigenvalue weighted by molar-refractivity contribution is -0.141. The molecule has 4 heterocycles. The molecular weight excluding hydrogens is 349 g/mol. The van der Waals surface area contributed by atoms with Gasteiger partial charge in [0, 0.05) is 50.5 Å². The Balaban J connectivity index is 1.39. The van der Waals surface area contributed by atoms with Gasteiger partial charge in [0.1, 0.15) is 11.8 Å². The maximum absolute atomic E-state index is 12.8. The summed E-state index contributed by atoms with van der Waals surface area (Å²) >= 11 is 0. The highest BCUT2D eigenvalue weighted by molar-refractivity contribution is 5.38. The lowest BCUT2D eigenvalue weighted by atomic mass is 10.1. The van der Waals surface area contributed by atoms with Gasteiger partial charge >= 0.3 is 6.18 Å². The topological polar surface area (TPSA) is 68.4 Å². The van der Waals surface area contributed by atoms with Gasteiger partial charge in [-0.15, -0.1) is 0 Å². The van der Waals surface area contributed by atoms with E-state index in [1.54, 1.807) is 33.9 Å². The van der Waals surface area contributed by atoms with Crippen LogP contribution in [0.1, 0.15) is 18.5 Å². The minimum absolute atomic E-state index is 0.0603. The Labute approximate surface area is 146 Å². The highest BCUT2D eigenvalue weighted by atomic mass is 19.4. The first-order valence-electron chi connectivity index (χ1n) is 8.11. The predicted molar refractivity (Wildman–Crippen MR) is 85.9 cm³/mol. The summed E-state index contributed by atoms with van der Waals surface area (Å²) in [5, 5.41) is 4.07. The van der Waals surface area contributed by atoms with Gasteiger partial charge in [0.15, 0.2) is 5.65 Å². The van der Waals surface area contributed by atoms with Crippen molar-refractivity contribution >= 4 is 11.6 Å². The summed E-state index contributed by atoms with van der Waals surface area (Å²) in [5.74, 6) is 0.601. The number of piperidine rings is 1. The number of anilines is 1. The van der Waals surface area contributed by atoms with Crippen LogP contribution in [0, 0.1) is 0 Å². The summed E-state index contributed by atoms with van der Waals surface area (Å²) in [6.07, 6.45) is 1.31. The quantitative estimate of drug-likeness (QED) is 0.712. The zero-order valence-corrected chi connectivity index (χ0v) is 13.6. The molecule has 7 nitrogen and oxygen atoms in total. The van der Waals surface area contributed by atoms with Crippen LogP contribution in [-0.4, -0.2) is 43.8 Å². The number of fused-ring (bicyclic) bond motifs is 1. The van der Waals surface area contributed by atoms with Crippen molar-refractivity contribution in [3.05, 3.63) is 42.5 Å². The molecule has 0 aromatic carbocycles. The molecule has 1 fully saturated rings. The molecule has 26 heavy (non-hydrogen) atoms. The van der Waals surface area contributed by atoms with E-state index in [1.165, 1.54) is 0 Å². The summed E-state index contributed by atoms with van der Waals surface area (Å²) < 4.78 is 45.9. The normalized spacial score (nSPS) is 16.2. The van der Waals surface area contributed by atoms with Crippen LogP contribution in [0.25, 0.3) is 5.65 Å². The van der Waals surface area contributed by atoms with Crippen molar-refractivity contribution in [1.29, 1.82) is 0 Å². The zero-order chi connectivity index (χ0) is 18.1. The van der Waals surface area contributed by atoms with Crippen molar-refractivity contribution in [2.45, 2.75) is 25.1 Å². The van der Waals surface area contributed by atoms with Crippen molar-refractivity contribution in [3.63, 3.8) is 0 Å². The standard InChI is InChI=1S/C16H15F3N6O/c17-16(18,19)12-1-6-20-15(22-12)24-8-3-11(4-9-24)26-14-5-10-25-13(23-14)2-7-21-25/h1-2,5-7,10-11H,3-4,8-9H2. The lowest BCUT2D eigenvalue weighted by Crippen LogP contribution is -2.39. The molecular formula is C16H15F3N6O. The van der Waals surface area contributed by atoms with Crippen LogP contribution >= 0.6 is 0 Å². The molecule has 10 heteroatoms. The molecule has 1 saturated heterocycles. The summed E-state index contributed by atoms with van der Waals surface area (Å²) in [7, 11) is 0. The maximum atomic E-state index is 12.8. The Morgan fingerprint density at radius 2 is 1.85 bits per heavy atom. The summed E-state index contributed by atoms with van der Waals surface area (Å²) in [6.45, 7) is 1.03. The highest BCUT2D eigenvalue weighted by Crippen LogP contribution is 2.29. The molecule has 0 radical (unpaired) electrons. The molecule has 3 aromatic heterocycles. The first kappa shape index (κ1) is 16.6. The van der Waals surface area contributed by atoms with Crippen molar-refractivity contribution in [3.8, 4) is 5.88 Å². The third kappa shape index (κ3) is 3.39. The van der Waals surface area contributed by atoms with E-state index in [4.69, 9.17) is 4.74 Å². The van der Waals surface area contributed by atoms with Crippen molar-refractivity contribution in [1.82, 2.24) is 24.6 Å². The molecule has 0 atom stereocenters. The van der Waals surface area contributed by atoms with E-state index < -0.39 is 11.9 Å². The highest BCUT2D eigenvalue weighted by Gasteiger charge is 2.33. The van der Waals surface area contributed by atoms with Gasteiger partial charge in [0.05, 0.1) is 6.20 Å². The molecule has 4 rings (SSSR count). The molecule has 0 saturated carbocycles. The van der Waals surface area contributed by atoms with E-state index in [-0.39, 0.29) is 12.1 Å². The number of nitrogens with zero attached hydrogens (tertiary/aromatic N) is 6. The molecule has 136 valence electrons. The Morgan fingerprint density at radius 1 is 1.04 bits per heavy atom. The Morgan fingerprint density at radius 3 is 2.62 bits per heavy atom. The van der Waals surface area contributed by atoms with E-state index in [0.29, 0.717) is 37.5 Å². The van der Waals surface area contributed by atoms with Crippen LogP contribution in [-0.2, 0) is 6.18 Å². The smallest absolute Gasteiger partial charge is 0.433 e. The number of aromatic nitrogens is 5. The minimum Gasteiger partial charge on any atom is -0.474 e. The number of hydrogen-bond acceptors (Lipinski definition) is 6. The number of halogens is 3. The van der Waals surface area contributed by atoms with Crippen LogP contribution < -0.4 is 9.64 Å². The van der Waals surface area contributed by atoms with Gasteiger partial charge in [0.25, 0.3) is 0 Å². The van der Waals surface area contributed by atoms with Gasteiger partial charge in [-0.05, 0) is 6.07 Å². The maximum Gasteiger partial charge on any atom is 0.433 e. The Bertz CT molecular complexity index is 904. The van der Waals surface area contributed by atoms with Crippen molar-refractivity contribution in [2.24, 2.45) is 0 Å². The predicted octanol–water partition coefficient (Wildman–Crippen LogP) is 2.59. The Kier molecular flexibility index (Phi) is 4.09. The summed E-state index contributed by atoms with van der Waals surface area (Å²) in [6, 6.07) is 4.39. The SMILES string of the molecule is FC(F)(F)c1ccnc(N2CCC(Oc3ccn4nccc4n3)CC2)n1. The molecule has 1 aliphatic heterocycles. The number of hydrogen-bond donors (Lipinski definition) is 0. The minimum atomic E-state index is -4.48. The number of alkyl halides is 3. The van der Waals surface area contributed by atoms with E-state index in [9.17, 15) is 13.2 Å². The Hall–Kier alpha value is -2.91. The van der Waals surface area contributed by atoms with Gasteiger partial charge in [-0.3, -0.25) is 0 Å². The third-order valence-electron chi connectivity index (χ3n) is 4.18. The van der Waals surface area contributed by atoms with Crippen molar-refractivity contribution < 1.29 is 17.9 Å². The summed E-state index contributed by atoms with van der Waals surface area (Å²) in [4.78, 5) is 13.7. The first-order chi connectivity index (χ1) is 12.5. The van der Waals surface area contributed by atoms with E-state index in [1.807, 2.05) is 0 Å². The fraction of sp³-hybridized carbons (Fsp3) is 0.375. The second kappa shape index (κ2) is 6.43. The fourth-order valence-electron chi connectivity index (χ4n) is 2.86. The van der Waals surface area contributed by atoms with Crippen LogP contribution in [0.15, 0.2) is 36.8 Å². The molecule has 0 N–H and O–H groups in total. The van der Waals surface area contributed by atoms with Gasteiger partial charge in [-0.25, -0.2) is 14.5 Å². The average molecular weight is 364 g/mol. The van der Waals surface area contributed by atoms with E-state index >= 15 is 0 Å². The second-order valence-corrected chi connectivity index (χ2v) is 5.94. The molecule has 1 aliphatic rings. The fourth-order valence-corrected chi connectivity index (χ4v) is 2.86. The largest absolute Gasteiger partial charge is 0.474 e. The van der Waals surface area contributed by atoms with Gasteiger partial charge in [0.2, 0.25) is 11.8 Å². The van der Waals surface area contributed by atoms with Crippen LogP contribution in [0.2, 0.25) is 0 Å². The lowest BCUT2D eigenvalue weighted by Gasteiger charge is -2.32. The first-order valence-corrected chi connectivity index (χ1v) is 8.11. The molecule has 0 aliphatic carbocycles. The van der Waals surface area contributed by atoms with Gasteiger partial charge in [-0.1, -0.05) is 0 Å². The van der Waals surface area contributed by atoms with Crippen molar-refractivity contribution in [2.75, 3.05) is 18.0 Å². The monoisotopic (exact) mass is 364 g/mol. The van der Waals surface area contributed by atoms with Gasteiger partial charge < -0.3 is 9.64 Å². The molecule has 0 spiro atoms.